The van der Waals surface area contributed by atoms with Crippen LogP contribution >= 0.6 is 0 Å². The van der Waals surface area contributed by atoms with Crippen LogP contribution in [0.15, 0.2) is 48.5 Å². The summed E-state index contributed by atoms with van der Waals surface area (Å²) in [6.07, 6.45) is 2.92. The van der Waals surface area contributed by atoms with Gasteiger partial charge in [-0.2, -0.15) is 0 Å². The Balaban J connectivity index is 2.17. The number of nitrogens with two attached hydrogens (primary N) is 1. The van der Waals surface area contributed by atoms with Gasteiger partial charge in [0.1, 0.15) is 5.75 Å². The monoisotopic (exact) mass is 255 g/mol. The second-order valence-corrected chi connectivity index (χ2v) is 4.62. The molecule has 2 rings (SSSR count). The molecule has 2 nitrogen and oxygen atoms in total. The minimum absolute atomic E-state index is 0.672. The molecule has 0 saturated carbocycles. The van der Waals surface area contributed by atoms with E-state index < -0.39 is 0 Å². The number of hydrogen-bond donors (Lipinski definition) is 1. The van der Waals surface area contributed by atoms with Crippen molar-refractivity contribution in [3.63, 3.8) is 0 Å². The highest BCUT2D eigenvalue weighted by Crippen LogP contribution is 2.24. The Morgan fingerprint density at radius 1 is 0.895 bits per heavy atom. The van der Waals surface area contributed by atoms with Gasteiger partial charge in [-0.1, -0.05) is 42.5 Å². The first-order valence-corrected chi connectivity index (χ1v) is 6.74. The van der Waals surface area contributed by atoms with E-state index >= 15 is 0 Å². The number of rotatable bonds is 6. The van der Waals surface area contributed by atoms with Crippen LogP contribution in [0, 0.1) is 0 Å². The fourth-order valence-electron chi connectivity index (χ4n) is 2.39. The van der Waals surface area contributed by atoms with Crippen LogP contribution in [0.25, 0.3) is 0 Å². The van der Waals surface area contributed by atoms with Crippen molar-refractivity contribution in [1.29, 1.82) is 0 Å². The molecule has 0 radical (unpaired) electrons. The van der Waals surface area contributed by atoms with Crippen molar-refractivity contribution in [2.24, 2.45) is 5.73 Å². The predicted octanol–water partition coefficient (Wildman–Crippen LogP) is 2.98. The largest absolute Gasteiger partial charge is 0.496 e. The maximum absolute atomic E-state index is 5.69. The second kappa shape index (κ2) is 6.95. The molecule has 2 heteroatoms. The van der Waals surface area contributed by atoms with Crippen LogP contribution in [0.3, 0.4) is 0 Å². The van der Waals surface area contributed by atoms with E-state index in [-0.39, 0.29) is 0 Å². The smallest absolute Gasteiger partial charge is 0.122 e. The molecule has 0 bridgehead atoms. The SMILES string of the molecule is COc1cccc(CCN)c1CCc1ccccc1. The molecule has 0 amide bonds. The third-order valence-corrected chi connectivity index (χ3v) is 3.37. The Morgan fingerprint density at radius 3 is 2.37 bits per heavy atom. The van der Waals surface area contributed by atoms with Crippen molar-refractivity contribution in [2.45, 2.75) is 19.3 Å². The van der Waals surface area contributed by atoms with Gasteiger partial charge in [-0.05, 0) is 48.6 Å². The molecule has 2 aromatic rings. The molecule has 2 aromatic carbocycles. The summed E-state index contributed by atoms with van der Waals surface area (Å²) in [5, 5.41) is 0. The molecule has 0 atom stereocenters. The molecule has 0 heterocycles. The summed E-state index contributed by atoms with van der Waals surface area (Å²) in [7, 11) is 1.73. The molecule has 19 heavy (non-hydrogen) atoms. The molecule has 0 aliphatic carbocycles. The van der Waals surface area contributed by atoms with Gasteiger partial charge in [-0.15, -0.1) is 0 Å². The van der Waals surface area contributed by atoms with E-state index in [0.29, 0.717) is 6.54 Å². The minimum atomic E-state index is 0.672. The van der Waals surface area contributed by atoms with Gasteiger partial charge < -0.3 is 10.5 Å². The molecule has 0 unspecified atom stereocenters. The normalized spacial score (nSPS) is 10.4. The molecule has 0 aromatic heterocycles. The zero-order valence-electron chi connectivity index (χ0n) is 11.4. The summed E-state index contributed by atoms with van der Waals surface area (Å²) < 4.78 is 5.48. The maximum atomic E-state index is 5.69. The molecular formula is C17H21NO. The fourth-order valence-corrected chi connectivity index (χ4v) is 2.39. The van der Waals surface area contributed by atoms with Gasteiger partial charge >= 0.3 is 0 Å². The second-order valence-electron chi connectivity index (χ2n) is 4.62. The topological polar surface area (TPSA) is 35.2 Å². The van der Waals surface area contributed by atoms with Gasteiger partial charge in [-0.3, -0.25) is 0 Å². The van der Waals surface area contributed by atoms with Crippen LogP contribution in [-0.4, -0.2) is 13.7 Å². The predicted molar refractivity (Wildman–Crippen MR) is 79.6 cm³/mol. The summed E-state index contributed by atoms with van der Waals surface area (Å²) in [4.78, 5) is 0. The number of benzene rings is 2. The lowest BCUT2D eigenvalue weighted by Crippen LogP contribution is -2.07. The van der Waals surface area contributed by atoms with Crippen LogP contribution in [0.4, 0.5) is 0 Å². The molecule has 100 valence electrons. The van der Waals surface area contributed by atoms with Crippen LogP contribution in [-0.2, 0) is 19.3 Å². The van der Waals surface area contributed by atoms with Crippen molar-refractivity contribution in [1.82, 2.24) is 0 Å². The first-order chi connectivity index (χ1) is 9.35. The zero-order valence-corrected chi connectivity index (χ0v) is 11.4. The van der Waals surface area contributed by atoms with Crippen LogP contribution in [0.1, 0.15) is 16.7 Å². The summed E-state index contributed by atoms with van der Waals surface area (Å²) >= 11 is 0. The first kappa shape index (κ1) is 13.6. The van der Waals surface area contributed by atoms with E-state index in [0.717, 1.165) is 25.0 Å². The Bertz CT molecular complexity index is 508. The van der Waals surface area contributed by atoms with Gasteiger partial charge in [0.05, 0.1) is 7.11 Å². The fraction of sp³-hybridized carbons (Fsp3) is 0.294. The third kappa shape index (κ3) is 3.58. The number of aryl methyl sites for hydroxylation is 1. The molecule has 0 spiro atoms. The van der Waals surface area contributed by atoms with Gasteiger partial charge in [-0.25, -0.2) is 0 Å². The van der Waals surface area contributed by atoms with E-state index in [1.165, 1.54) is 16.7 Å². The van der Waals surface area contributed by atoms with Gasteiger partial charge in [0, 0.05) is 0 Å². The van der Waals surface area contributed by atoms with Crippen molar-refractivity contribution < 1.29 is 4.74 Å². The van der Waals surface area contributed by atoms with Crippen LogP contribution in [0.5, 0.6) is 5.75 Å². The summed E-state index contributed by atoms with van der Waals surface area (Å²) in [6.45, 7) is 0.672. The van der Waals surface area contributed by atoms with Gasteiger partial charge in [0.25, 0.3) is 0 Å². The lowest BCUT2D eigenvalue weighted by Gasteiger charge is -2.13. The molecule has 2 N–H and O–H groups in total. The van der Waals surface area contributed by atoms with E-state index in [9.17, 15) is 0 Å². The molecular weight excluding hydrogens is 234 g/mol. The zero-order chi connectivity index (χ0) is 13.5. The van der Waals surface area contributed by atoms with E-state index in [2.05, 4.69) is 30.3 Å². The minimum Gasteiger partial charge on any atom is -0.496 e. The average molecular weight is 255 g/mol. The Labute approximate surface area is 115 Å². The van der Waals surface area contributed by atoms with E-state index in [1.807, 2.05) is 18.2 Å². The van der Waals surface area contributed by atoms with E-state index in [1.54, 1.807) is 7.11 Å². The average Bonchev–Trinajstić information content (AvgIpc) is 2.47. The lowest BCUT2D eigenvalue weighted by molar-refractivity contribution is 0.409. The van der Waals surface area contributed by atoms with Crippen molar-refractivity contribution in [3.05, 3.63) is 65.2 Å². The highest BCUT2D eigenvalue weighted by molar-refractivity contribution is 5.41. The quantitative estimate of drug-likeness (QED) is 0.861. The molecule has 0 aliphatic rings. The summed E-state index contributed by atoms with van der Waals surface area (Å²) in [5.41, 5.74) is 9.64. The first-order valence-electron chi connectivity index (χ1n) is 6.74. The van der Waals surface area contributed by atoms with Crippen LogP contribution in [0.2, 0.25) is 0 Å². The molecule has 0 fully saturated rings. The molecule has 0 saturated heterocycles. The maximum Gasteiger partial charge on any atom is 0.122 e. The Morgan fingerprint density at radius 2 is 1.68 bits per heavy atom. The van der Waals surface area contributed by atoms with E-state index in [4.69, 9.17) is 10.5 Å². The highest BCUT2D eigenvalue weighted by atomic mass is 16.5. The highest BCUT2D eigenvalue weighted by Gasteiger charge is 2.08. The number of hydrogen-bond acceptors (Lipinski definition) is 2. The van der Waals surface area contributed by atoms with Crippen molar-refractivity contribution >= 4 is 0 Å². The standard InChI is InChI=1S/C17H21NO/c1-19-17-9-5-8-15(12-13-18)16(17)11-10-14-6-3-2-4-7-14/h2-9H,10-13,18H2,1H3. The summed E-state index contributed by atoms with van der Waals surface area (Å²) in [5.74, 6) is 0.974. The number of methoxy groups -OCH3 is 1. The van der Waals surface area contributed by atoms with Gasteiger partial charge in [0.15, 0.2) is 0 Å². The Kier molecular flexibility index (Phi) is 4.99. The molecule has 0 aliphatic heterocycles. The summed E-state index contributed by atoms with van der Waals surface area (Å²) in [6, 6.07) is 16.8. The van der Waals surface area contributed by atoms with Gasteiger partial charge in [0.2, 0.25) is 0 Å². The third-order valence-electron chi connectivity index (χ3n) is 3.37. The van der Waals surface area contributed by atoms with Crippen molar-refractivity contribution in [3.8, 4) is 5.75 Å². The van der Waals surface area contributed by atoms with Crippen LogP contribution < -0.4 is 10.5 Å². The number of ether oxygens (including phenoxy) is 1. The lowest BCUT2D eigenvalue weighted by atomic mass is 9.97. The van der Waals surface area contributed by atoms with Crippen molar-refractivity contribution in [2.75, 3.05) is 13.7 Å². The Hall–Kier alpha value is -1.80.